The fourth-order valence-corrected chi connectivity index (χ4v) is 1.87. The van der Waals surface area contributed by atoms with Crippen LogP contribution in [0.2, 0.25) is 0 Å². The Kier molecular flexibility index (Phi) is 6.49. The Morgan fingerprint density at radius 3 is 2.30 bits per heavy atom. The molecule has 8 heteroatoms. The molecule has 0 unspecified atom stereocenters. The average Bonchev–Trinajstić information content (AvgIpc) is 2.53. The summed E-state index contributed by atoms with van der Waals surface area (Å²) in [7, 11) is 0. The number of aromatic nitrogens is 4. The first-order valence-electron chi connectivity index (χ1n) is 7.68. The highest BCUT2D eigenvalue weighted by atomic mass is 16.3. The van der Waals surface area contributed by atoms with Crippen molar-refractivity contribution in [2.24, 2.45) is 0 Å². The van der Waals surface area contributed by atoms with Crippen molar-refractivity contribution in [2.75, 3.05) is 35.6 Å². The van der Waals surface area contributed by atoms with Crippen LogP contribution in [0.5, 0.6) is 0 Å². The molecule has 0 saturated carbocycles. The van der Waals surface area contributed by atoms with Crippen LogP contribution >= 0.6 is 0 Å². The Morgan fingerprint density at radius 2 is 1.70 bits per heavy atom. The molecule has 0 amide bonds. The van der Waals surface area contributed by atoms with Crippen LogP contribution in [0.15, 0.2) is 24.4 Å². The van der Waals surface area contributed by atoms with E-state index < -0.39 is 0 Å². The topological polar surface area (TPSA) is 108 Å². The van der Waals surface area contributed by atoms with Crippen LogP contribution < -0.4 is 16.0 Å². The minimum Gasteiger partial charge on any atom is -0.395 e. The lowest BCUT2D eigenvalue weighted by molar-refractivity contribution is 0.311. The molecule has 0 atom stereocenters. The molecule has 2 aromatic rings. The van der Waals surface area contributed by atoms with E-state index in [0.29, 0.717) is 30.9 Å². The Morgan fingerprint density at radius 1 is 1.00 bits per heavy atom. The van der Waals surface area contributed by atoms with E-state index in [0.717, 1.165) is 12.1 Å². The quantitative estimate of drug-likeness (QED) is 0.545. The van der Waals surface area contributed by atoms with Gasteiger partial charge in [-0.1, -0.05) is 6.07 Å². The maximum Gasteiger partial charge on any atom is 0.229 e. The molecule has 23 heavy (non-hydrogen) atoms. The highest BCUT2D eigenvalue weighted by Crippen LogP contribution is 2.10. The monoisotopic (exact) mass is 317 g/mol. The van der Waals surface area contributed by atoms with E-state index in [9.17, 15) is 0 Å². The zero-order chi connectivity index (χ0) is 16.5. The van der Waals surface area contributed by atoms with Crippen LogP contribution in [-0.2, 0) is 6.42 Å². The third-order valence-electron chi connectivity index (χ3n) is 2.84. The number of pyridine rings is 1. The van der Waals surface area contributed by atoms with Gasteiger partial charge in [0.05, 0.1) is 6.61 Å². The highest BCUT2D eigenvalue weighted by molar-refractivity contribution is 5.42. The highest BCUT2D eigenvalue weighted by Gasteiger charge is 2.07. The fourth-order valence-electron chi connectivity index (χ4n) is 1.87. The molecule has 2 rings (SSSR count). The van der Waals surface area contributed by atoms with Crippen molar-refractivity contribution in [3.05, 3.63) is 30.1 Å². The van der Waals surface area contributed by atoms with Crippen molar-refractivity contribution >= 4 is 17.8 Å². The van der Waals surface area contributed by atoms with Gasteiger partial charge in [0.1, 0.15) is 0 Å². The van der Waals surface area contributed by atoms with E-state index in [-0.39, 0.29) is 12.6 Å². The lowest BCUT2D eigenvalue weighted by atomic mass is 10.3. The third-order valence-corrected chi connectivity index (χ3v) is 2.84. The second kappa shape index (κ2) is 8.84. The largest absolute Gasteiger partial charge is 0.395 e. The number of aliphatic hydroxyl groups is 1. The summed E-state index contributed by atoms with van der Waals surface area (Å²) >= 11 is 0. The summed E-state index contributed by atoms with van der Waals surface area (Å²) in [6.07, 6.45) is 2.55. The molecule has 0 aliphatic carbocycles. The first kappa shape index (κ1) is 16.9. The molecule has 0 fully saturated rings. The predicted molar refractivity (Wildman–Crippen MR) is 90.6 cm³/mol. The summed E-state index contributed by atoms with van der Waals surface area (Å²) in [6.45, 7) is 5.10. The van der Waals surface area contributed by atoms with Gasteiger partial charge >= 0.3 is 0 Å². The molecule has 2 heterocycles. The lowest BCUT2D eigenvalue weighted by Gasteiger charge is -2.12. The van der Waals surface area contributed by atoms with Crippen LogP contribution in [0, 0.1) is 0 Å². The Labute approximate surface area is 135 Å². The molecule has 0 aromatic carbocycles. The number of aliphatic hydroxyl groups excluding tert-OH is 1. The molecule has 4 N–H and O–H groups in total. The van der Waals surface area contributed by atoms with E-state index >= 15 is 0 Å². The maximum absolute atomic E-state index is 8.91. The third kappa shape index (κ3) is 6.03. The summed E-state index contributed by atoms with van der Waals surface area (Å²) in [5.74, 6) is 1.41. The first-order chi connectivity index (χ1) is 11.2. The average molecular weight is 317 g/mol. The second-order valence-electron chi connectivity index (χ2n) is 5.25. The first-order valence-corrected chi connectivity index (χ1v) is 7.68. The van der Waals surface area contributed by atoms with Gasteiger partial charge in [-0.05, 0) is 26.0 Å². The Bertz CT molecular complexity index is 592. The molecule has 8 nitrogen and oxygen atoms in total. The molecule has 0 saturated heterocycles. The van der Waals surface area contributed by atoms with Gasteiger partial charge in [0, 0.05) is 37.4 Å². The van der Waals surface area contributed by atoms with E-state index in [1.165, 1.54) is 0 Å². The van der Waals surface area contributed by atoms with E-state index in [1.54, 1.807) is 6.20 Å². The molecule has 0 aliphatic heterocycles. The summed E-state index contributed by atoms with van der Waals surface area (Å²) in [5.41, 5.74) is 1.01. The minimum absolute atomic E-state index is 0.0149. The molecule has 0 radical (unpaired) electrons. The summed E-state index contributed by atoms with van der Waals surface area (Å²) in [6, 6.07) is 6.05. The van der Waals surface area contributed by atoms with E-state index in [2.05, 4.69) is 35.9 Å². The van der Waals surface area contributed by atoms with Crippen molar-refractivity contribution in [2.45, 2.75) is 26.3 Å². The van der Waals surface area contributed by atoms with Gasteiger partial charge in [-0.15, -0.1) is 0 Å². The molecule has 124 valence electrons. The second-order valence-corrected chi connectivity index (χ2v) is 5.25. The fraction of sp³-hybridized carbons (Fsp3) is 0.467. The van der Waals surface area contributed by atoms with Crippen LogP contribution in [0.4, 0.5) is 17.8 Å². The predicted octanol–water partition coefficient (Wildman–Crippen LogP) is 1.15. The Balaban J connectivity index is 2.00. The van der Waals surface area contributed by atoms with Gasteiger partial charge in [0.25, 0.3) is 0 Å². The van der Waals surface area contributed by atoms with Gasteiger partial charge in [-0.3, -0.25) is 4.98 Å². The van der Waals surface area contributed by atoms with Crippen molar-refractivity contribution in [3.8, 4) is 0 Å². The number of hydrogen-bond donors (Lipinski definition) is 4. The van der Waals surface area contributed by atoms with E-state index in [4.69, 9.17) is 5.11 Å². The van der Waals surface area contributed by atoms with Crippen molar-refractivity contribution < 1.29 is 5.11 Å². The molecule has 2 aromatic heterocycles. The van der Waals surface area contributed by atoms with Gasteiger partial charge in [-0.25, -0.2) is 0 Å². The molecule has 0 bridgehead atoms. The minimum atomic E-state index is 0.0149. The zero-order valence-corrected chi connectivity index (χ0v) is 13.5. The lowest BCUT2D eigenvalue weighted by Crippen LogP contribution is -2.18. The zero-order valence-electron chi connectivity index (χ0n) is 13.5. The van der Waals surface area contributed by atoms with Gasteiger partial charge in [0.2, 0.25) is 17.8 Å². The number of hydrogen-bond acceptors (Lipinski definition) is 8. The SMILES string of the molecule is CC(C)Nc1nc(NCCO)nc(NCCc2ccccn2)n1. The maximum atomic E-state index is 8.91. The molecular weight excluding hydrogens is 294 g/mol. The molecular formula is C15H23N7O. The Hall–Kier alpha value is -2.48. The van der Waals surface area contributed by atoms with Crippen LogP contribution in [-0.4, -0.2) is 50.8 Å². The van der Waals surface area contributed by atoms with Crippen LogP contribution in [0.25, 0.3) is 0 Å². The molecule has 0 spiro atoms. The van der Waals surface area contributed by atoms with Gasteiger partial charge in [0.15, 0.2) is 0 Å². The summed E-state index contributed by atoms with van der Waals surface area (Å²) < 4.78 is 0. The van der Waals surface area contributed by atoms with Crippen molar-refractivity contribution in [3.63, 3.8) is 0 Å². The molecule has 0 aliphatic rings. The van der Waals surface area contributed by atoms with Crippen molar-refractivity contribution in [1.29, 1.82) is 0 Å². The number of nitrogens with one attached hydrogen (secondary N) is 3. The smallest absolute Gasteiger partial charge is 0.229 e. The number of rotatable bonds is 9. The standard InChI is InChI=1S/C15H23N7O/c1-11(2)19-15-21-13(20-14(22-15)18-9-10-23)17-8-6-12-5-3-4-7-16-12/h3-5,7,11,23H,6,8-10H2,1-2H3,(H3,17,18,19,20,21,22). The van der Waals surface area contributed by atoms with Gasteiger partial charge in [-0.2, -0.15) is 15.0 Å². The van der Waals surface area contributed by atoms with Crippen LogP contribution in [0.1, 0.15) is 19.5 Å². The number of anilines is 3. The van der Waals surface area contributed by atoms with Crippen molar-refractivity contribution in [1.82, 2.24) is 19.9 Å². The summed E-state index contributed by atoms with van der Waals surface area (Å²) in [5, 5.41) is 18.2. The normalized spacial score (nSPS) is 10.6. The summed E-state index contributed by atoms with van der Waals surface area (Å²) in [4.78, 5) is 17.2. The number of nitrogens with zero attached hydrogens (tertiary/aromatic N) is 4. The van der Waals surface area contributed by atoms with E-state index in [1.807, 2.05) is 32.0 Å². The van der Waals surface area contributed by atoms with Crippen LogP contribution in [0.3, 0.4) is 0 Å². The van der Waals surface area contributed by atoms with Gasteiger partial charge < -0.3 is 21.1 Å².